The summed E-state index contributed by atoms with van der Waals surface area (Å²) in [5.41, 5.74) is -1.98. The second-order valence-electron chi connectivity index (χ2n) is 8.24. The van der Waals surface area contributed by atoms with E-state index >= 15 is 17.6 Å². The number of rotatable bonds is 4. The van der Waals surface area contributed by atoms with Crippen molar-refractivity contribution in [3.05, 3.63) is 87.9 Å². The highest BCUT2D eigenvalue weighted by Gasteiger charge is 2.80. The first-order chi connectivity index (χ1) is 16.5. The highest BCUT2D eigenvalue weighted by Crippen LogP contribution is 2.66. The highest BCUT2D eigenvalue weighted by molar-refractivity contribution is 7.16. The van der Waals surface area contributed by atoms with Crippen LogP contribution in [-0.2, 0) is 0 Å². The summed E-state index contributed by atoms with van der Waals surface area (Å²) >= 11 is 2.16. The Bertz CT molecular complexity index is 1330. The maximum absolute atomic E-state index is 15.3. The zero-order valence-corrected chi connectivity index (χ0v) is 20.0. The maximum atomic E-state index is 15.3. The minimum Gasteiger partial charge on any atom is -0.264 e. The molecule has 0 spiro atoms. The lowest BCUT2D eigenvalue weighted by molar-refractivity contribution is -0.254. The van der Waals surface area contributed by atoms with Gasteiger partial charge in [0.1, 0.15) is 0 Å². The van der Waals surface area contributed by atoms with E-state index in [0.717, 1.165) is 22.7 Å². The van der Waals surface area contributed by atoms with Gasteiger partial charge in [0.05, 0.1) is 0 Å². The lowest BCUT2D eigenvalue weighted by atomic mass is 9.94. The zero-order valence-electron chi connectivity index (χ0n) is 18.4. The number of alkyl halides is 6. The summed E-state index contributed by atoms with van der Waals surface area (Å²) in [4.78, 5) is 5.47. The van der Waals surface area contributed by atoms with Crippen LogP contribution in [-0.4, -0.2) is 22.8 Å². The molecule has 35 heavy (non-hydrogen) atoms. The van der Waals surface area contributed by atoms with Gasteiger partial charge in [-0.05, 0) is 48.7 Å². The number of benzene rings is 1. The van der Waals surface area contributed by atoms with Crippen LogP contribution in [0.1, 0.15) is 20.9 Å². The molecule has 0 saturated carbocycles. The van der Waals surface area contributed by atoms with Crippen molar-refractivity contribution in [1.82, 2.24) is 4.98 Å². The molecule has 1 nitrogen and oxygen atoms in total. The van der Waals surface area contributed by atoms with Crippen molar-refractivity contribution in [2.24, 2.45) is 0 Å². The summed E-state index contributed by atoms with van der Waals surface area (Å²) in [6.45, 7) is 2.94. The SMILES string of the molecule is Cc1sc(-c2ccccc2)cc1C1=C(c2cc(-c3cccnc3)sc2C)C(F)(F)C(F)(F)C1(F)F. The Morgan fingerprint density at radius 3 is 1.63 bits per heavy atom. The van der Waals surface area contributed by atoms with Crippen LogP contribution in [0.3, 0.4) is 0 Å². The van der Waals surface area contributed by atoms with E-state index in [0.29, 0.717) is 20.9 Å². The fourth-order valence-corrected chi connectivity index (χ4v) is 6.34. The molecule has 1 aromatic carbocycles. The molecule has 0 amide bonds. The molecule has 3 aromatic heterocycles. The van der Waals surface area contributed by atoms with Crippen molar-refractivity contribution in [2.45, 2.75) is 31.6 Å². The van der Waals surface area contributed by atoms with Crippen molar-refractivity contribution in [3.63, 3.8) is 0 Å². The van der Waals surface area contributed by atoms with Crippen LogP contribution < -0.4 is 0 Å². The van der Waals surface area contributed by atoms with Gasteiger partial charge in [-0.3, -0.25) is 4.98 Å². The first-order valence-electron chi connectivity index (χ1n) is 10.5. The molecule has 1 aliphatic carbocycles. The summed E-state index contributed by atoms with van der Waals surface area (Å²) < 4.78 is 90.6. The van der Waals surface area contributed by atoms with Crippen LogP contribution >= 0.6 is 22.7 Å². The van der Waals surface area contributed by atoms with Crippen LogP contribution in [0.2, 0.25) is 0 Å². The normalized spacial score (nSPS) is 18.3. The molecule has 1 aliphatic rings. The fourth-order valence-electron chi connectivity index (χ4n) is 4.29. The molecule has 0 fully saturated rings. The summed E-state index contributed by atoms with van der Waals surface area (Å²) in [6.07, 6.45) is 3.02. The Labute approximate surface area is 205 Å². The Hall–Kier alpha value is -2.91. The number of allylic oxidation sites excluding steroid dienone is 2. The van der Waals surface area contributed by atoms with E-state index < -0.39 is 28.9 Å². The summed E-state index contributed by atoms with van der Waals surface area (Å²) in [5, 5.41) is 0. The summed E-state index contributed by atoms with van der Waals surface area (Å²) in [7, 11) is 0. The third kappa shape index (κ3) is 3.47. The smallest absolute Gasteiger partial charge is 0.264 e. The standard InChI is InChI=1S/C26H17F6NS2/c1-14-18(11-20(34-14)16-7-4-3-5-8-16)22-23(25(29,30)26(31,32)24(22,27)28)19-12-21(35-15(19)2)17-9-6-10-33-13-17/h3-13H,1-2H3. The van der Waals surface area contributed by atoms with Gasteiger partial charge in [0, 0.05) is 48.6 Å². The highest BCUT2D eigenvalue weighted by atomic mass is 32.1. The quantitative estimate of drug-likeness (QED) is 0.244. The minimum atomic E-state index is -5.59. The van der Waals surface area contributed by atoms with Crippen LogP contribution in [0.25, 0.3) is 32.0 Å². The van der Waals surface area contributed by atoms with Crippen LogP contribution in [0.15, 0.2) is 67.0 Å². The van der Waals surface area contributed by atoms with Crippen LogP contribution in [0.4, 0.5) is 26.3 Å². The number of hydrogen-bond acceptors (Lipinski definition) is 3. The molecule has 0 N–H and O–H groups in total. The van der Waals surface area contributed by atoms with E-state index in [2.05, 4.69) is 4.98 Å². The Balaban J connectivity index is 1.78. The van der Waals surface area contributed by atoms with Gasteiger partial charge in [0.25, 0.3) is 0 Å². The van der Waals surface area contributed by atoms with Crippen molar-refractivity contribution >= 4 is 33.8 Å². The zero-order chi connectivity index (χ0) is 25.2. The topological polar surface area (TPSA) is 12.9 Å². The monoisotopic (exact) mass is 521 g/mol. The van der Waals surface area contributed by atoms with Gasteiger partial charge in [0.15, 0.2) is 0 Å². The van der Waals surface area contributed by atoms with Crippen molar-refractivity contribution in [2.75, 3.05) is 0 Å². The van der Waals surface area contributed by atoms with Gasteiger partial charge in [-0.1, -0.05) is 36.4 Å². The number of aryl methyl sites for hydroxylation is 2. The minimum absolute atomic E-state index is 0.237. The van der Waals surface area contributed by atoms with Crippen molar-refractivity contribution in [1.29, 1.82) is 0 Å². The molecular weight excluding hydrogens is 504 g/mol. The number of nitrogens with zero attached hydrogens (tertiary/aromatic N) is 1. The molecule has 0 atom stereocenters. The van der Waals surface area contributed by atoms with Crippen molar-refractivity contribution < 1.29 is 26.3 Å². The van der Waals surface area contributed by atoms with E-state index in [-0.39, 0.29) is 20.9 Å². The summed E-state index contributed by atoms with van der Waals surface area (Å²) in [6, 6.07) is 14.6. The Morgan fingerprint density at radius 2 is 1.14 bits per heavy atom. The number of hydrogen-bond donors (Lipinski definition) is 0. The molecular formula is C26H17F6NS2. The molecule has 0 saturated heterocycles. The van der Waals surface area contributed by atoms with Gasteiger partial charge >= 0.3 is 17.8 Å². The molecule has 4 aromatic rings. The number of thiophene rings is 2. The Kier molecular flexibility index (Phi) is 5.49. The average molecular weight is 522 g/mol. The van der Waals surface area contributed by atoms with Crippen molar-refractivity contribution in [3.8, 4) is 20.9 Å². The first-order valence-corrected chi connectivity index (χ1v) is 12.2. The number of aromatic nitrogens is 1. The van der Waals surface area contributed by atoms with E-state index in [1.165, 1.54) is 38.4 Å². The second-order valence-corrected chi connectivity index (χ2v) is 10.8. The average Bonchev–Trinajstić information content (AvgIpc) is 3.42. The molecule has 0 radical (unpaired) electrons. The molecule has 0 unspecified atom stereocenters. The number of halogens is 6. The predicted octanol–water partition coefficient (Wildman–Crippen LogP) is 8.99. The second kappa shape index (κ2) is 8.06. The predicted molar refractivity (Wildman–Crippen MR) is 128 cm³/mol. The third-order valence-corrected chi connectivity index (χ3v) is 8.24. The van der Waals surface area contributed by atoms with E-state index in [1.54, 1.807) is 42.5 Å². The molecule has 0 aliphatic heterocycles. The fraction of sp³-hybridized carbons (Fsp3) is 0.192. The van der Waals surface area contributed by atoms with Gasteiger partial charge in [-0.15, -0.1) is 22.7 Å². The van der Waals surface area contributed by atoms with E-state index in [4.69, 9.17) is 0 Å². The lowest BCUT2D eigenvalue weighted by Gasteiger charge is -2.25. The largest absolute Gasteiger partial charge is 0.380 e. The molecule has 0 bridgehead atoms. The molecule has 3 heterocycles. The maximum Gasteiger partial charge on any atom is 0.380 e. The third-order valence-electron chi connectivity index (χ3n) is 6.05. The van der Waals surface area contributed by atoms with Crippen LogP contribution in [0, 0.1) is 13.8 Å². The van der Waals surface area contributed by atoms with E-state index in [9.17, 15) is 8.78 Å². The molecule has 9 heteroatoms. The van der Waals surface area contributed by atoms with Gasteiger partial charge in [-0.2, -0.15) is 26.3 Å². The van der Waals surface area contributed by atoms with E-state index in [1.807, 2.05) is 0 Å². The van der Waals surface area contributed by atoms with Crippen LogP contribution in [0.5, 0.6) is 0 Å². The first kappa shape index (κ1) is 23.8. The molecule has 5 rings (SSSR count). The lowest BCUT2D eigenvalue weighted by Crippen LogP contribution is -2.48. The summed E-state index contributed by atoms with van der Waals surface area (Å²) in [5.74, 6) is -15.7. The van der Waals surface area contributed by atoms with Gasteiger partial charge in [0.2, 0.25) is 0 Å². The molecule has 180 valence electrons. The van der Waals surface area contributed by atoms with Gasteiger partial charge < -0.3 is 0 Å². The van der Waals surface area contributed by atoms with Gasteiger partial charge in [-0.25, -0.2) is 0 Å². The number of pyridine rings is 1. The Morgan fingerprint density at radius 1 is 0.657 bits per heavy atom.